The van der Waals surface area contributed by atoms with Gasteiger partial charge in [0, 0.05) is 32.7 Å². The average Bonchev–Trinajstić information content (AvgIpc) is 2.80. The van der Waals surface area contributed by atoms with Crippen LogP contribution in [-0.4, -0.2) is 61.6 Å². The van der Waals surface area contributed by atoms with Crippen LogP contribution in [0, 0.1) is 17.3 Å². The van der Waals surface area contributed by atoms with Gasteiger partial charge in [0.25, 0.3) is 0 Å². The van der Waals surface area contributed by atoms with Crippen molar-refractivity contribution in [1.82, 2.24) is 9.80 Å². The number of carbonyl (C=O) groups excluding carboxylic acids is 1. The summed E-state index contributed by atoms with van der Waals surface area (Å²) in [7, 11) is 0. The lowest BCUT2D eigenvalue weighted by Crippen LogP contribution is -2.50. The number of morpholine rings is 1. The second-order valence-corrected chi connectivity index (χ2v) is 10.3. The van der Waals surface area contributed by atoms with Gasteiger partial charge in [-0.15, -0.1) is 0 Å². The second kappa shape index (κ2) is 9.87. The number of ether oxygens (including phenoxy) is 1. The van der Waals surface area contributed by atoms with Crippen LogP contribution >= 0.6 is 0 Å². The molecule has 4 heteroatoms. The molecule has 1 aliphatic heterocycles. The van der Waals surface area contributed by atoms with Gasteiger partial charge in [0.05, 0.1) is 19.1 Å². The molecule has 1 aromatic rings. The van der Waals surface area contributed by atoms with Crippen LogP contribution in [0.3, 0.4) is 0 Å². The van der Waals surface area contributed by atoms with Gasteiger partial charge in [-0.3, -0.25) is 9.69 Å². The van der Waals surface area contributed by atoms with Crippen molar-refractivity contribution in [1.29, 1.82) is 0 Å². The Balaban J connectivity index is 1.46. The van der Waals surface area contributed by atoms with Crippen molar-refractivity contribution in [3.63, 3.8) is 0 Å². The first kappa shape index (κ1) is 22.5. The zero-order valence-electron chi connectivity index (χ0n) is 19.7. The first-order chi connectivity index (χ1) is 15.0. The maximum absolute atomic E-state index is 13.8. The van der Waals surface area contributed by atoms with Crippen molar-refractivity contribution >= 4 is 5.91 Å². The van der Waals surface area contributed by atoms with E-state index in [0.717, 1.165) is 70.3 Å². The number of allylic oxidation sites excluding steroid dienone is 1. The van der Waals surface area contributed by atoms with Crippen LogP contribution in [0.5, 0.6) is 0 Å². The molecule has 1 saturated carbocycles. The molecule has 170 valence electrons. The zero-order valence-corrected chi connectivity index (χ0v) is 19.7. The van der Waals surface area contributed by atoms with Crippen molar-refractivity contribution in [3.05, 3.63) is 47.5 Å². The number of fused-ring (bicyclic) bond motifs is 1. The van der Waals surface area contributed by atoms with Gasteiger partial charge in [0.2, 0.25) is 5.91 Å². The number of hydrogen-bond acceptors (Lipinski definition) is 3. The first-order valence-electron chi connectivity index (χ1n) is 12.3. The predicted molar refractivity (Wildman–Crippen MR) is 126 cm³/mol. The van der Waals surface area contributed by atoms with Crippen LogP contribution in [0.4, 0.5) is 0 Å². The summed E-state index contributed by atoms with van der Waals surface area (Å²) in [5, 5.41) is 0. The molecular formula is C27H40N2O2. The van der Waals surface area contributed by atoms with E-state index in [-0.39, 0.29) is 5.92 Å². The summed E-state index contributed by atoms with van der Waals surface area (Å²) in [6.45, 7) is 13.4. The first-order valence-corrected chi connectivity index (χ1v) is 12.3. The molecule has 0 radical (unpaired) electrons. The Labute approximate surface area is 188 Å². The van der Waals surface area contributed by atoms with Gasteiger partial charge >= 0.3 is 0 Å². The van der Waals surface area contributed by atoms with E-state index in [4.69, 9.17) is 4.74 Å². The van der Waals surface area contributed by atoms with E-state index in [1.165, 1.54) is 18.4 Å². The number of amides is 1. The fourth-order valence-corrected chi connectivity index (χ4v) is 5.91. The van der Waals surface area contributed by atoms with E-state index in [9.17, 15) is 4.79 Å². The third-order valence-electron chi connectivity index (χ3n) is 8.18. The quantitative estimate of drug-likeness (QED) is 0.538. The Bertz CT molecular complexity index is 767. The normalized spacial score (nSPS) is 26.0. The summed E-state index contributed by atoms with van der Waals surface area (Å²) >= 11 is 0. The highest BCUT2D eigenvalue weighted by Gasteiger charge is 2.51. The minimum atomic E-state index is -0.0454. The third kappa shape index (κ3) is 4.90. The maximum atomic E-state index is 13.8. The lowest BCUT2D eigenvalue weighted by atomic mass is 9.49. The molecule has 4 nitrogen and oxygen atoms in total. The molecular weight excluding hydrogens is 384 g/mol. The Hall–Kier alpha value is -1.65. The minimum absolute atomic E-state index is 0.0454. The van der Waals surface area contributed by atoms with E-state index < -0.39 is 0 Å². The van der Waals surface area contributed by atoms with Crippen LogP contribution < -0.4 is 0 Å². The molecule has 0 aromatic heterocycles. The van der Waals surface area contributed by atoms with Crippen molar-refractivity contribution in [2.24, 2.45) is 17.3 Å². The minimum Gasteiger partial charge on any atom is -0.379 e. The van der Waals surface area contributed by atoms with Crippen molar-refractivity contribution < 1.29 is 9.53 Å². The lowest BCUT2D eigenvalue weighted by molar-refractivity contribution is -0.133. The molecule has 2 bridgehead atoms. The molecule has 1 aromatic carbocycles. The molecule has 0 N–H and O–H groups in total. The van der Waals surface area contributed by atoms with E-state index in [1.807, 2.05) is 6.07 Å². The van der Waals surface area contributed by atoms with Gasteiger partial charge in [0.15, 0.2) is 0 Å². The summed E-state index contributed by atoms with van der Waals surface area (Å²) in [5.41, 5.74) is 3.06. The average molecular weight is 425 g/mol. The Morgan fingerprint density at radius 1 is 1.23 bits per heavy atom. The van der Waals surface area contributed by atoms with Crippen LogP contribution in [0.15, 0.2) is 42.0 Å². The molecule has 3 unspecified atom stereocenters. The van der Waals surface area contributed by atoms with E-state index in [0.29, 0.717) is 17.2 Å². The van der Waals surface area contributed by atoms with Crippen LogP contribution in [0.1, 0.15) is 57.9 Å². The number of carbonyl (C=O) groups is 1. The summed E-state index contributed by atoms with van der Waals surface area (Å²) < 4.78 is 5.48. The molecule has 1 saturated heterocycles. The van der Waals surface area contributed by atoms with Crippen LogP contribution in [0.2, 0.25) is 0 Å². The van der Waals surface area contributed by atoms with Crippen LogP contribution in [-0.2, 0) is 9.53 Å². The number of nitrogens with zero attached hydrogens (tertiary/aromatic N) is 2. The summed E-state index contributed by atoms with van der Waals surface area (Å²) in [6.07, 6.45) is 6.82. The molecule has 4 aliphatic rings. The van der Waals surface area contributed by atoms with Gasteiger partial charge in [-0.1, -0.05) is 62.8 Å². The molecule has 3 atom stereocenters. The molecule has 2 fully saturated rings. The SMILES string of the molecule is CCC(C(=O)N(CCCN1CCOCC1)CC1=CCC2CC1C2(C)C)c1ccccc1. The van der Waals surface area contributed by atoms with Crippen molar-refractivity contribution in [3.8, 4) is 0 Å². The second-order valence-electron chi connectivity index (χ2n) is 10.3. The van der Waals surface area contributed by atoms with E-state index >= 15 is 0 Å². The van der Waals surface area contributed by atoms with Crippen molar-refractivity contribution in [2.45, 2.75) is 52.4 Å². The number of rotatable bonds is 9. The fraction of sp³-hybridized carbons (Fsp3) is 0.667. The summed E-state index contributed by atoms with van der Waals surface area (Å²) in [4.78, 5) is 18.4. The Morgan fingerprint density at radius 3 is 2.61 bits per heavy atom. The fourth-order valence-electron chi connectivity index (χ4n) is 5.91. The molecule has 3 aliphatic carbocycles. The number of benzene rings is 1. The summed E-state index contributed by atoms with van der Waals surface area (Å²) in [5.74, 6) is 1.74. The Morgan fingerprint density at radius 2 is 1.97 bits per heavy atom. The Kier molecular flexibility index (Phi) is 7.18. The lowest BCUT2D eigenvalue weighted by Gasteiger charge is -2.57. The topological polar surface area (TPSA) is 32.8 Å². The van der Waals surface area contributed by atoms with Gasteiger partial charge in [-0.2, -0.15) is 0 Å². The van der Waals surface area contributed by atoms with Gasteiger partial charge in [-0.05, 0) is 48.5 Å². The smallest absolute Gasteiger partial charge is 0.230 e. The maximum Gasteiger partial charge on any atom is 0.230 e. The standard InChI is InChI=1S/C27H40N2O2/c1-4-24(21-9-6-5-7-10-21)26(30)29(14-8-13-28-15-17-31-18-16-28)20-22-11-12-23-19-25(22)27(23,2)3/h5-7,9-11,23-25H,4,8,12-20H2,1-3H3. The molecule has 0 spiro atoms. The third-order valence-corrected chi connectivity index (χ3v) is 8.18. The van der Waals surface area contributed by atoms with Gasteiger partial charge < -0.3 is 9.64 Å². The highest BCUT2D eigenvalue weighted by atomic mass is 16.5. The molecule has 1 heterocycles. The van der Waals surface area contributed by atoms with E-state index in [2.05, 4.69) is 60.9 Å². The largest absolute Gasteiger partial charge is 0.379 e. The van der Waals surface area contributed by atoms with E-state index in [1.54, 1.807) is 0 Å². The number of hydrogen-bond donors (Lipinski definition) is 0. The van der Waals surface area contributed by atoms with Crippen LogP contribution in [0.25, 0.3) is 0 Å². The zero-order chi connectivity index (χ0) is 21.8. The van der Waals surface area contributed by atoms with Gasteiger partial charge in [0.1, 0.15) is 0 Å². The highest BCUT2D eigenvalue weighted by Crippen LogP contribution is 2.59. The summed E-state index contributed by atoms with van der Waals surface area (Å²) in [6, 6.07) is 10.3. The molecule has 1 amide bonds. The van der Waals surface area contributed by atoms with Gasteiger partial charge in [-0.25, -0.2) is 0 Å². The molecule has 5 rings (SSSR count). The van der Waals surface area contributed by atoms with Crippen molar-refractivity contribution in [2.75, 3.05) is 45.9 Å². The molecule has 31 heavy (non-hydrogen) atoms. The monoisotopic (exact) mass is 424 g/mol. The predicted octanol–water partition coefficient (Wildman–Crippen LogP) is 4.72. The highest BCUT2D eigenvalue weighted by molar-refractivity contribution is 5.84.